The van der Waals surface area contributed by atoms with E-state index in [4.69, 9.17) is 4.74 Å². The van der Waals surface area contributed by atoms with E-state index >= 15 is 0 Å². The van der Waals surface area contributed by atoms with Gasteiger partial charge in [0.15, 0.2) is 0 Å². The van der Waals surface area contributed by atoms with Gasteiger partial charge >= 0.3 is 0 Å². The van der Waals surface area contributed by atoms with Gasteiger partial charge in [-0.2, -0.15) is 5.10 Å². The Labute approximate surface area is 197 Å². The Kier molecular flexibility index (Phi) is 6.07. The monoisotopic (exact) mass is 451 g/mol. The molecule has 2 aromatic heterocycles. The number of aromatic amines is 1. The summed E-state index contributed by atoms with van der Waals surface area (Å²) in [7, 11) is 1.66. The minimum Gasteiger partial charge on any atom is -0.497 e. The zero-order valence-corrected chi connectivity index (χ0v) is 18.8. The highest BCUT2D eigenvalue weighted by Gasteiger charge is 2.19. The Hall–Kier alpha value is -4.39. The number of fused-ring (bicyclic) bond motifs is 1. The lowest BCUT2D eigenvalue weighted by Gasteiger charge is -2.19. The molecule has 5 aromatic rings. The molecule has 3 aromatic carbocycles. The third kappa shape index (κ3) is 4.54. The number of rotatable bonds is 8. The van der Waals surface area contributed by atoms with Gasteiger partial charge in [0.1, 0.15) is 18.4 Å². The number of methoxy groups -OCH3 is 1. The SMILES string of the molecule is COc1ccc(C(CNC(=O)c2ccc(Cn3cncn3)cc2)c2c[nH]c3ccccc23)cc1. The summed E-state index contributed by atoms with van der Waals surface area (Å²) in [6.07, 6.45) is 5.21. The quantitative estimate of drug-likeness (QED) is 0.367. The number of benzene rings is 3. The molecule has 0 saturated carbocycles. The standard InChI is InChI=1S/C27H25N5O2/c1-34-22-12-10-20(11-13-22)24(25-15-29-26-5-3-2-4-23(25)26)14-30-27(33)21-8-6-19(7-9-21)16-32-18-28-17-31-32/h2-13,15,17-18,24,29H,14,16H2,1H3,(H,30,33). The molecule has 34 heavy (non-hydrogen) atoms. The molecule has 2 N–H and O–H groups in total. The number of carbonyl (C=O) groups excluding carboxylic acids is 1. The van der Waals surface area contributed by atoms with Crippen LogP contribution in [0.25, 0.3) is 10.9 Å². The minimum atomic E-state index is -0.106. The maximum absolute atomic E-state index is 13.0. The van der Waals surface area contributed by atoms with Crippen molar-refractivity contribution in [1.82, 2.24) is 25.1 Å². The minimum absolute atomic E-state index is 0.0161. The van der Waals surface area contributed by atoms with Gasteiger partial charge in [-0.3, -0.25) is 4.79 Å². The van der Waals surface area contributed by atoms with E-state index in [9.17, 15) is 4.79 Å². The number of carbonyl (C=O) groups is 1. The molecule has 0 aliphatic carbocycles. The van der Waals surface area contributed by atoms with Crippen molar-refractivity contribution in [1.29, 1.82) is 0 Å². The first-order chi connectivity index (χ1) is 16.7. The van der Waals surface area contributed by atoms with E-state index in [-0.39, 0.29) is 11.8 Å². The van der Waals surface area contributed by atoms with Crippen LogP contribution >= 0.6 is 0 Å². The summed E-state index contributed by atoms with van der Waals surface area (Å²) in [5.41, 5.74) is 5.00. The molecule has 0 aliphatic rings. The van der Waals surface area contributed by atoms with E-state index in [2.05, 4.69) is 44.6 Å². The molecular weight excluding hydrogens is 426 g/mol. The lowest BCUT2D eigenvalue weighted by atomic mass is 9.90. The van der Waals surface area contributed by atoms with Crippen molar-refractivity contribution in [2.24, 2.45) is 0 Å². The van der Waals surface area contributed by atoms with Gasteiger partial charge < -0.3 is 15.0 Å². The largest absolute Gasteiger partial charge is 0.497 e. The molecule has 0 spiro atoms. The van der Waals surface area contributed by atoms with Gasteiger partial charge in [-0.25, -0.2) is 9.67 Å². The molecule has 5 rings (SSSR count). The van der Waals surface area contributed by atoms with Crippen LogP contribution in [0, 0.1) is 0 Å². The van der Waals surface area contributed by atoms with Crippen molar-refractivity contribution in [2.75, 3.05) is 13.7 Å². The molecular formula is C27H25N5O2. The van der Waals surface area contributed by atoms with Crippen LogP contribution in [0.5, 0.6) is 5.75 Å². The number of hydrogen-bond acceptors (Lipinski definition) is 4. The molecule has 0 bridgehead atoms. The van der Waals surface area contributed by atoms with Crippen LogP contribution in [0.4, 0.5) is 0 Å². The van der Waals surface area contributed by atoms with Crippen molar-refractivity contribution >= 4 is 16.8 Å². The van der Waals surface area contributed by atoms with E-state index in [1.165, 1.54) is 6.33 Å². The normalized spacial score (nSPS) is 11.9. The summed E-state index contributed by atoms with van der Waals surface area (Å²) in [4.78, 5) is 20.3. The van der Waals surface area contributed by atoms with E-state index in [1.807, 2.05) is 54.7 Å². The predicted molar refractivity (Wildman–Crippen MR) is 131 cm³/mol. The van der Waals surface area contributed by atoms with Crippen LogP contribution in [0.1, 0.15) is 33.0 Å². The number of ether oxygens (including phenoxy) is 1. The van der Waals surface area contributed by atoms with E-state index < -0.39 is 0 Å². The second-order valence-electron chi connectivity index (χ2n) is 8.12. The van der Waals surface area contributed by atoms with Gasteiger partial charge in [0, 0.05) is 35.1 Å². The summed E-state index contributed by atoms with van der Waals surface area (Å²) in [5, 5.41) is 8.40. The smallest absolute Gasteiger partial charge is 0.251 e. The number of nitrogens with one attached hydrogen (secondary N) is 2. The average Bonchev–Trinajstić information content (AvgIpc) is 3.55. The summed E-state index contributed by atoms with van der Waals surface area (Å²) in [5.74, 6) is 0.680. The average molecular weight is 452 g/mol. The number of aromatic nitrogens is 4. The first kappa shape index (κ1) is 21.5. The molecule has 170 valence electrons. The lowest BCUT2D eigenvalue weighted by Crippen LogP contribution is -2.28. The first-order valence-corrected chi connectivity index (χ1v) is 11.1. The van der Waals surface area contributed by atoms with E-state index in [0.717, 1.165) is 33.3 Å². The number of amides is 1. The maximum Gasteiger partial charge on any atom is 0.251 e. The second kappa shape index (κ2) is 9.62. The van der Waals surface area contributed by atoms with Crippen molar-refractivity contribution in [3.05, 3.63) is 114 Å². The molecule has 0 radical (unpaired) electrons. The van der Waals surface area contributed by atoms with Crippen LogP contribution < -0.4 is 10.1 Å². The maximum atomic E-state index is 13.0. The predicted octanol–water partition coefficient (Wildman–Crippen LogP) is 4.38. The first-order valence-electron chi connectivity index (χ1n) is 11.1. The van der Waals surface area contributed by atoms with Gasteiger partial charge in [-0.1, -0.05) is 42.5 Å². The molecule has 2 heterocycles. The van der Waals surface area contributed by atoms with E-state index in [1.54, 1.807) is 18.1 Å². The van der Waals surface area contributed by atoms with Crippen molar-refractivity contribution in [3.63, 3.8) is 0 Å². The highest BCUT2D eigenvalue weighted by molar-refractivity contribution is 5.94. The Morgan fingerprint density at radius 2 is 1.85 bits per heavy atom. The fourth-order valence-electron chi connectivity index (χ4n) is 4.19. The Morgan fingerprint density at radius 1 is 1.06 bits per heavy atom. The van der Waals surface area contributed by atoms with Gasteiger partial charge in [-0.05, 0) is 47.0 Å². The second-order valence-corrected chi connectivity index (χ2v) is 8.12. The number of H-pyrrole nitrogens is 1. The van der Waals surface area contributed by atoms with Crippen LogP contribution in [0.2, 0.25) is 0 Å². The third-order valence-corrected chi connectivity index (χ3v) is 6.01. The molecule has 7 nitrogen and oxygen atoms in total. The summed E-state index contributed by atoms with van der Waals surface area (Å²) in [6.45, 7) is 1.08. The van der Waals surface area contributed by atoms with Gasteiger partial charge in [0.25, 0.3) is 5.91 Å². The molecule has 1 amide bonds. The fourth-order valence-corrected chi connectivity index (χ4v) is 4.19. The number of para-hydroxylation sites is 1. The van der Waals surface area contributed by atoms with Crippen molar-refractivity contribution < 1.29 is 9.53 Å². The zero-order chi connectivity index (χ0) is 23.3. The van der Waals surface area contributed by atoms with Crippen molar-refractivity contribution in [3.8, 4) is 5.75 Å². The Balaban J connectivity index is 1.35. The Bertz CT molecular complexity index is 1370. The zero-order valence-electron chi connectivity index (χ0n) is 18.8. The highest BCUT2D eigenvalue weighted by atomic mass is 16.5. The third-order valence-electron chi connectivity index (χ3n) is 6.01. The summed E-state index contributed by atoms with van der Waals surface area (Å²) < 4.78 is 7.07. The van der Waals surface area contributed by atoms with Crippen LogP contribution in [-0.4, -0.2) is 39.3 Å². The van der Waals surface area contributed by atoms with Crippen LogP contribution in [0.3, 0.4) is 0 Å². The molecule has 0 saturated heterocycles. The summed E-state index contributed by atoms with van der Waals surface area (Å²) in [6, 6.07) is 23.8. The number of nitrogens with zero attached hydrogens (tertiary/aromatic N) is 3. The van der Waals surface area contributed by atoms with Gasteiger partial charge in [0.2, 0.25) is 0 Å². The van der Waals surface area contributed by atoms with E-state index in [0.29, 0.717) is 18.7 Å². The molecule has 1 unspecified atom stereocenters. The van der Waals surface area contributed by atoms with Crippen molar-refractivity contribution in [2.45, 2.75) is 12.5 Å². The van der Waals surface area contributed by atoms with Crippen LogP contribution in [-0.2, 0) is 6.54 Å². The lowest BCUT2D eigenvalue weighted by molar-refractivity contribution is 0.0952. The van der Waals surface area contributed by atoms with Crippen LogP contribution in [0.15, 0.2) is 91.6 Å². The highest BCUT2D eigenvalue weighted by Crippen LogP contribution is 2.31. The fraction of sp³-hybridized carbons (Fsp3) is 0.148. The molecule has 0 aliphatic heterocycles. The topological polar surface area (TPSA) is 84.8 Å². The molecule has 1 atom stereocenters. The number of hydrogen-bond donors (Lipinski definition) is 2. The van der Waals surface area contributed by atoms with Gasteiger partial charge in [0.05, 0.1) is 13.7 Å². The molecule has 7 heteroatoms. The van der Waals surface area contributed by atoms with Gasteiger partial charge in [-0.15, -0.1) is 0 Å². The summed E-state index contributed by atoms with van der Waals surface area (Å²) >= 11 is 0. The molecule has 0 fully saturated rings. The Morgan fingerprint density at radius 3 is 2.59 bits per heavy atom.